The lowest BCUT2D eigenvalue weighted by Crippen LogP contribution is -2.57. The van der Waals surface area contributed by atoms with Crippen LogP contribution < -0.4 is 5.19 Å². The first-order valence-electron chi connectivity index (χ1n) is 8.05. The Bertz CT molecular complexity index is 552. The first-order chi connectivity index (χ1) is 10.6. The Morgan fingerprint density at radius 3 is 2.82 bits per heavy atom. The van der Waals surface area contributed by atoms with Crippen LogP contribution in [0, 0.1) is 0 Å². The van der Waals surface area contributed by atoms with Crippen molar-refractivity contribution in [3.63, 3.8) is 0 Å². The minimum absolute atomic E-state index is 0.0992. The van der Waals surface area contributed by atoms with E-state index in [4.69, 9.17) is 5.53 Å². The summed E-state index contributed by atoms with van der Waals surface area (Å²) in [5.41, 5.74) is 9.02. The van der Waals surface area contributed by atoms with Gasteiger partial charge >= 0.3 is 6.21 Å². The fourth-order valence-corrected chi connectivity index (χ4v) is 7.09. The maximum atomic E-state index is 11.4. The van der Waals surface area contributed by atoms with Crippen LogP contribution in [0.15, 0.2) is 30.3 Å². The van der Waals surface area contributed by atoms with Gasteiger partial charge in [0, 0.05) is 12.1 Å². The van der Waals surface area contributed by atoms with Gasteiger partial charge in [-0.15, -0.1) is 0 Å². The van der Waals surface area contributed by atoms with E-state index < -0.39 is 8.07 Å². The number of nitrogens with zero attached hydrogens (tertiary/aromatic N) is 3. The van der Waals surface area contributed by atoms with Crippen LogP contribution in [0.1, 0.15) is 25.7 Å². The molecule has 2 rings (SSSR count). The first kappa shape index (κ1) is 16.8. The fourth-order valence-electron chi connectivity index (χ4n) is 3.56. The molecule has 0 amide bonds. The third-order valence-corrected chi connectivity index (χ3v) is 8.93. The molecule has 1 saturated heterocycles. The maximum Gasteiger partial charge on any atom is 0.323 e. The summed E-state index contributed by atoms with van der Waals surface area (Å²) in [6.07, 6.45) is 4.81. The molecule has 1 aromatic rings. The van der Waals surface area contributed by atoms with E-state index in [1.807, 2.05) is 0 Å². The number of carbonyl (C=O) groups is 1. The van der Waals surface area contributed by atoms with Crippen LogP contribution in [0.3, 0.4) is 0 Å². The highest BCUT2D eigenvalue weighted by Crippen LogP contribution is 2.26. The minimum Gasteiger partial charge on any atom is -0.361 e. The van der Waals surface area contributed by atoms with Crippen LogP contribution in [-0.2, 0) is 4.79 Å². The van der Waals surface area contributed by atoms with Crippen LogP contribution in [0.4, 0.5) is 0 Å². The van der Waals surface area contributed by atoms with E-state index in [1.54, 1.807) is 0 Å². The summed E-state index contributed by atoms with van der Waals surface area (Å²) in [5.74, 6) is -0.0992. The summed E-state index contributed by atoms with van der Waals surface area (Å²) in [6, 6.07) is 10.9. The van der Waals surface area contributed by atoms with Gasteiger partial charge in [0.15, 0.2) is 0 Å². The van der Waals surface area contributed by atoms with Gasteiger partial charge in [-0.25, -0.2) is 0 Å². The molecule has 1 aliphatic rings. The van der Waals surface area contributed by atoms with Gasteiger partial charge in [-0.2, -0.15) is 4.79 Å². The molecule has 1 heterocycles. The fraction of sp³-hybridized carbons (Fsp3) is 0.529. The van der Waals surface area contributed by atoms with E-state index in [0.29, 0.717) is 12.1 Å². The third kappa shape index (κ3) is 4.00. The number of likely N-dealkylation sites (tertiary alicyclic amines) is 1. The number of carbonyl (C=O) groups excluding carboxylic acids is 1. The van der Waals surface area contributed by atoms with Crippen molar-refractivity contribution in [1.29, 1.82) is 0 Å². The second kappa shape index (κ2) is 7.63. The van der Waals surface area contributed by atoms with Gasteiger partial charge in [0.1, 0.15) is 0 Å². The Balaban J connectivity index is 1.98. The molecule has 0 saturated carbocycles. The van der Waals surface area contributed by atoms with E-state index in [9.17, 15) is 4.79 Å². The maximum absolute atomic E-state index is 11.4. The highest BCUT2D eigenvalue weighted by atomic mass is 28.3. The minimum atomic E-state index is -1.53. The zero-order valence-corrected chi connectivity index (χ0v) is 14.5. The third-order valence-electron chi connectivity index (χ3n) is 4.78. The van der Waals surface area contributed by atoms with Gasteiger partial charge in [0.25, 0.3) is 0 Å². The summed E-state index contributed by atoms with van der Waals surface area (Å²) >= 11 is 0. The van der Waals surface area contributed by atoms with E-state index in [2.05, 4.69) is 53.1 Å². The Kier molecular flexibility index (Phi) is 5.83. The molecule has 5 heteroatoms. The Morgan fingerprint density at radius 2 is 2.14 bits per heavy atom. The molecule has 1 fully saturated rings. The van der Waals surface area contributed by atoms with Gasteiger partial charge < -0.3 is 10.4 Å². The molecule has 0 radical (unpaired) electrons. The molecule has 0 aromatic heterocycles. The molecular weight excluding hydrogens is 290 g/mol. The monoisotopic (exact) mass is 315 g/mol. The summed E-state index contributed by atoms with van der Waals surface area (Å²) in [6.45, 7) is 7.00. The van der Waals surface area contributed by atoms with E-state index in [0.717, 1.165) is 25.7 Å². The van der Waals surface area contributed by atoms with Crippen molar-refractivity contribution in [3.05, 3.63) is 35.9 Å². The first-order valence-corrected chi connectivity index (χ1v) is 11.1. The number of ketones is 1. The summed E-state index contributed by atoms with van der Waals surface area (Å²) in [5, 5.41) is 1.51. The van der Waals surface area contributed by atoms with Crippen molar-refractivity contribution in [2.24, 2.45) is 0 Å². The molecule has 0 N–H and O–H groups in total. The lowest BCUT2D eigenvalue weighted by molar-refractivity contribution is -0.116. The Hall–Kier alpha value is -1.55. The number of hydrogen-bond acceptors (Lipinski definition) is 2. The van der Waals surface area contributed by atoms with Crippen LogP contribution in [0.2, 0.25) is 13.1 Å². The van der Waals surface area contributed by atoms with Crippen LogP contribution >= 0.6 is 0 Å². The van der Waals surface area contributed by atoms with Gasteiger partial charge in [0.05, 0.1) is 8.07 Å². The molecule has 1 aliphatic heterocycles. The van der Waals surface area contributed by atoms with Crippen LogP contribution in [0.25, 0.3) is 5.53 Å². The number of benzene rings is 1. The average Bonchev–Trinajstić information content (AvgIpc) is 2.98. The second-order valence-electron chi connectivity index (χ2n) is 6.60. The molecule has 4 nitrogen and oxygen atoms in total. The van der Waals surface area contributed by atoms with Crippen LogP contribution in [-0.4, -0.2) is 48.5 Å². The Labute approximate surface area is 133 Å². The molecule has 22 heavy (non-hydrogen) atoms. The molecule has 118 valence electrons. The number of Topliss-reactive ketones (excluding diaryl/α,β-unsaturated/α-hetero) is 1. The SMILES string of the molecule is C[Si](C)(c1ccccc1)[C@H]1CCCN1CCCC(=O)C=[N+]=[N-]. The lowest BCUT2D eigenvalue weighted by Gasteiger charge is -2.36. The van der Waals surface area contributed by atoms with Crippen molar-refractivity contribution >= 4 is 25.3 Å². The molecule has 0 bridgehead atoms. The van der Waals surface area contributed by atoms with E-state index >= 15 is 0 Å². The van der Waals surface area contributed by atoms with E-state index in [1.165, 1.54) is 18.0 Å². The molecular formula is C17H25N3OSi. The topological polar surface area (TPSA) is 56.7 Å². The predicted molar refractivity (Wildman–Crippen MR) is 92.1 cm³/mol. The standard InChI is InChI=1S/C17H25N3OSi/c1-22(2,16-9-4-3-5-10-16)17-11-7-13-20(17)12-6-8-15(21)14-19-18/h3-5,9-10,14,17H,6-8,11-13H2,1-2H3/t17-/m0/s1. The van der Waals surface area contributed by atoms with Gasteiger partial charge in [-0.05, 0) is 32.4 Å². The quantitative estimate of drug-likeness (QED) is 0.335. The van der Waals surface area contributed by atoms with Crippen molar-refractivity contribution in [2.75, 3.05) is 13.1 Å². The highest BCUT2D eigenvalue weighted by Gasteiger charge is 2.39. The summed E-state index contributed by atoms with van der Waals surface area (Å²) in [4.78, 5) is 16.8. The summed E-state index contributed by atoms with van der Waals surface area (Å²) in [7, 11) is -1.53. The van der Waals surface area contributed by atoms with E-state index in [-0.39, 0.29) is 5.78 Å². The molecule has 0 aliphatic carbocycles. The number of hydrogen-bond donors (Lipinski definition) is 0. The van der Waals surface area contributed by atoms with Gasteiger partial charge in [-0.3, -0.25) is 4.79 Å². The number of rotatable bonds is 7. The largest absolute Gasteiger partial charge is 0.361 e. The van der Waals surface area contributed by atoms with Crippen molar-refractivity contribution in [2.45, 2.75) is 44.4 Å². The molecule has 0 spiro atoms. The van der Waals surface area contributed by atoms with Crippen molar-refractivity contribution in [1.82, 2.24) is 4.90 Å². The highest BCUT2D eigenvalue weighted by molar-refractivity contribution is 6.91. The molecule has 1 atom stereocenters. The zero-order chi connectivity index (χ0) is 16.0. The Morgan fingerprint density at radius 1 is 1.41 bits per heavy atom. The predicted octanol–water partition coefficient (Wildman–Crippen LogP) is 2.26. The zero-order valence-electron chi connectivity index (χ0n) is 13.5. The smallest absolute Gasteiger partial charge is 0.323 e. The van der Waals surface area contributed by atoms with Crippen LogP contribution in [0.5, 0.6) is 0 Å². The van der Waals surface area contributed by atoms with Gasteiger partial charge in [-0.1, -0.05) is 48.6 Å². The lowest BCUT2D eigenvalue weighted by atomic mass is 10.2. The molecule has 1 aromatic carbocycles. The second-order valence-corrected chi connectivity index (χ2v) is 11.3. The average molecular weight is 315 g/mol. The van der Waals surface area contributed by atoms with Gasteiger partial charge in [0.2, 0.25) is 5.78 Å². The van der Waals surface area contributed by atoms with Crippen molar-refractivity contribution < 1.29 is 9.58 Å². The normalized spacial score (nSPS) is 18.9. The molecule has 0 unspecified atom stereocenters. The van der Waals surface area contributed by atoms with Crippen molar-refractivity contribution in [3.8, 4) is 0 Å². The summed E-state index contributed by atoms with van der Waals surface area (Å²) < 4.78 is 0.